The number of para-hydroxylation sites is 1. The third kappa shape index (κ3) is 3.66. The molecule has 0 radical (unpaired) electrons. The van der Waals surface area contributed by atoms with Gasteiger partial charge in [0.1, 0.15) is 6.04 Å². The summed E-state index contributed by atoms with van der Waals surface area (Å²) in [5.74, 6) is -0.0269. The van der Waals surface area contributed by atoms with Crippen molar-refractivity contribution in [3.05, 3.63) is 23.8 Å². The lowest BCUT2D eigenvalue weighted by Crippen LogP contribution is -2.41. The predicted molar refractivity (Wildman–Crippen MR) is 72.0 cm³/mol. The van der Waals surface area contributed by atoms with Crippen molar-refractivity contribution in [2.75, 3.05) is 11.1 Å². The number of hydrogen-bond donors (Lipinski definition) is 3. The molecule has 0 aliphatic rings. The Morgan fingerprint density at radius 3 is 2.53 bits per heavy atom. The van der Waals surface area contributed by atoms with Crippen molar-refractivity contribution in [3.8, 4) is 0 Å². The van der Waals surface area contributed by atoms with E-state index < -0.39 is 0 Å². The molecule has 0 saturated carbocycles. The first-order valence-electron chi connectivity index (χ1n) is 5.83. The first-order valence-corrected chi connectivity index (χ1v) is 5.83. The second-order valence-corrected chi connectivity index (χ2v) is 4.57. The normalized spacial score (nSPS) is 12.3. The molecule has 94 valence electrons. The van der Waals surface area contributed by atoms with Crippen molar-refractivity contribution in [3.63, 3.8) is 0 Å². The molecule has 4 heteroatoms. The number of anilines is 2. The van der Waals surface area contributed by atoms with Gasteiger partial charge >= 0.3 is 0 Å². The number of aryl methyl sites for hydroxylation is 1. The van der Waals surface area contributed by atoms with Crippen LogP contribution < -0.4 is 16.4 Å². The van der Waals surface area contributed by atoms with Gasteiger partial charge in [-0.1, -0.05) is 12.1 Å². The van der Waals surface area contributed by atoms with Crippen molar-refractivity contribution in [1.29, 1.82) is 0 Å². The Hall–Kier alpha value is -1.71. The van der Waals surface area contributed by atoms with E-state index in [1.807, 2.05) is 45.9 Å². The lowest BCUT2D eigenvalue weighted by Gasteiger charge is -2.18. The van der Waals surface area contributed by atoms with Crippen LogP contribution in [-0.4, -0.2) is 18.0 Å². The Morgan fingerprint density at radius 1 is 1.29 bits per heavy atom. The van der Waals surface area contributed by atoms with Gasteiger partial charge in [-0.05, 0) is 39.3 Å². The van der Waals surface area contributed by atoms with Crippen molar-refractivity contribution in [1.82, 2.24) is 5.32 Å². The van der Waals surface area contributed by atoms with Crippen molar-refractivity contribution >= 4 is 17.3 Å². The summed E-state index contributed by atoms with van der Waals surface area (Å²) >= 11 is 0. The fourth-order valence-electron chi connectivity index (χ4n) is 1.51. The third-order valence-corrected chi connectivity index (χ3v) is 2.52. The van der Waals surface area contributed by atoms with E-state index in [0.717, 1.165) is 11.3 Å². The van der Waals surface area contributed by atoms with Crippen LogP contribution in [0.4, 0.5) is 11.4 Å². The van der Waals surface area contributed by atoms with Crippen LogP contribution in [0, 0.1) is 6.92 Å². The molecule has 1 unspecified atom stereocenters. The molecular formula is C13H21N3O. The van der Waals surface area contributed by atoms with E-state index in [2.05, 4.69) is 10.6 Å². The molecule has 1 aromatic carbocycles. The molecule has 0 spiro atoms. The molecule has 1 amide bonds. The number of nitrogens with two attached hydrogens (primary N) is 1. The number of nitrogens with one attached hydrogen (secondary N) is 2. The van der Waals surface area contributed by atoms with Gasteiger partial charge in [0.05, 0.1) is 11.4 Å². The van der Waals surface area contributed by atoms with E-state index in [0.29, 0.717) is 5.69 Å². The SMILES string of the molecule is Cc1cccc(NC(C)C(=O)NC(C)C)c1N. The summed E-state index contributed by atoms with van der Waals surface area (Å²) in [5, 5.41) is 5.97. The molecule has 0 aliphatic carbocycles. The fraction of sp³-hybridized carbons (Fsp3) is 0.462. The molecule has 0 fully saturated rings. The van der Waals surface area contributed by atoms with E-state index in [1.54, 1.807) is 0 Å². The van der Waals surface area contributed by atoms with Crippen molar-refractivity contribution in [2.45, 2.75) is 39.8 Å². The summed E-state index contributed by atoms with van der Waals surface area (Å²) in [7, 11) is 0. The summed E-state index contributed by atoms with van der Waals surface area (Å²) in [5.41, 5.74) is 8.44. The quantitative estimate of drug-likeness (QED) is 0.698. The van der Waals surface area contributed by atoms with Crippen LogP contribution in [-0.2, 0) is 4.79 Å². The third-order valence-electron chi connectivity index (χ3n) is 2.52. The van der Waals surface area contributed by atoms with Crippen LogP contribution in [0.3, 0.4) is 0 Å². The second kappa shape index (κ2) is 5.57. The van der Waals surface area contributed by atoms with Gasteiger partial charge in [-0.3, -0.25) is 4.79 Å². The average molecular weight is 235 g/mol. The Balaban J connectivity index is 2.71. The highest BCUT2D eigenvalue weighted by atomic mass is 16.2. The average Bonchev–Trinajstić information content (AvgIpc) is 2.23. The van der Waals surface area contributed by atoms with Crippen LogP contribution in [0.5, 0.6) is 0 Å². The summed E-state index contributed by atoms with van der Waals surface area (Å²) in [6, 6.07) is 5.57. The molecular weight excluding hydrogens is 214 g/mol. The Labute approximate surface area is 103 Å². The van der Waals surface area contributed by atoms with Crippen LogP contribution in [0.25, 0.3) is 0 Å². The molecule has 0 bridgehead atoms. The van der Waals surface area contributed by atoms with E-state index in [-0.39, 0.29) is 18.0 Å². The van der Waals surface area contributed by atoms with Crippen LogP contribution in [0.15, 0.2) is 18.2 Å². The number of hydrogen-bond acceptors (Lipinski definition) is 3. The zero-order valence-corrected chi connectivity index (χ0v) is 10.9. The molecule has 0 aliphatic heterocycles. The van der Waals surface area contributed by atoms with Gasteiger partial charge in [-0.15, -0.1) is 0 Å². The highest BCUT2D eigenvalue weighted by Gasteiger charge is 2.14. The predicted octanol–water partition coefficient (Wildman–Crippen LogP) is 1.90. The number of benzene rings is 1. The number of nitrogen functional groups attached to an aromatic ring is 1. The summed E-state index contributed by atoms with van der Waals surface area (Å²) in [6.07, 6.45) is 0. The zero-order chi connectivity index (χ0) is 13.0. The van der Waals surface area contributed by atoms with E-state index in [9.17, 15) is 4.79 Å². The summed E-state index contributed by atoms with van der Waals surface area (Å²) in [6.45, 7) is 7.64. The molecule has 1 rings (SSSR count). The van der Waals surface area contributed by atoms with Gasteiger partial charge in [0, 0.05) is 6.04 Å². The Morgan fingerprint density at radius 2 is 1.94 bits per heavy atom. The van der Waals surface area contributed by atoms with Gasteiger partial charge < -0.3 is 16.4 Å². The minimum atomic E-state index is -0.304. The number of carbonyl (C=O) groups is 1. The highest BCUT2D eigenvalue weighted by molar-refractivity contribution is 5.85. The number of rotatable bonds is 4. The molecule has 1 atom stereocenters. The molecule has 1 aromatic rings. The smallest absolute Gasteiger partial charge is 0.242 e. The van der Waals surface area contributed by atoms with Gasteiger partial charge in [-0.25, -0.2) is 0 Å². The standard InChI is InChI=1S/C13H21N3O/c1-8(2)15-13(17)10(4)16-11-7-5-6-9(3)12(11)14/h5-8,10,16H,14H2,1-4H3,(H,15,17). The van der Waals surface area contributed by atoms with Crippen molar-refractivity contribution < 1.29 is 4.79 Å². The second-order valence-electron chi connectivity index (χ2n) is 4.57. The summed E-state index contributed by atoms with van der Waals surface area (Å²) < 4.78 is 0. The van der Waals surface area contributed by atoms with Crippen LogP contribution in [0.1, 0.15) is 26.3 Å². The lowest BCUT2D eigenvalue weighted by atomic mass is 10.1. The molecule has 4 N–H and O–H groups in total. The van der Waals surface area contributed by atoms with E-state index in [4.69, 9.17) is 5.73 Å². The van der Waals surface area contributed by atoms with Gasteiger partial charge in [0.2, 0.25) is 5.91 Å². The fourth-order valence-corrected chi connectivity index (χ4v) is 1.51. The molecule has 17 heavy (non-hydrogen) atoms. The highest BCUT2D eigenvalue weighted by Crippen LogP contribution is 2.22. The molecule has 0 saturated heterocycles. The van der Waals surface area contributed by atoms with E-state index in [1.165, 1.54) is 0 Å². The van der Waals surface area contributed by atoms with Gasteiger partial charge in [0.25, 0.3) is 0 Å². The molecule has 4 nitrogen and oxygen atoms in total. The van der Waals surface area contributed by atoms with Crippen LogP contribution >= 0.6 is 0 Å². The number of carbonyl (C=O) groups excluding carboxylic acids is 1. The largest absolute Gasteiger partial charge is 0.397 e. The minimum Gasteiger partial charge on any atom is -0.397 e. The number of amides is 1. The van der Waals surface area contributed by atoms with Crippen LogP contribution in [0.2, 0.25) is 0 Å². The maximum absolute atomic E-state index is 11.7. The lowest BCUT2D eigenvalue weighted by molar-refractivity contribution is -0.122. The zero-order valence-electron chi connectivity index (χ0n) is 10.9. The molecule has 0 heterocycles. The Kier molecular flexibility index (Phi) is 4.37. The van der Waals surface area contributed by atoms with Gasteiger partial charge in [-0.2, -0.15) is 0 Å². The Bertz CT molecular complexity index is 402. The summed E-state index contributed by atoms with van der Waals surface area (Å²) in [4.78, 5) is 11.7. The first-order chi connectivity index (χ1) is 7.91. The minimum absolute atomic E-state index is 0.0269. The maximum Gasteiger partial charge on any atom is 0.242 e. The monoisotopic (exact) mass is 235 g/mol. The molecule has 0 aromatic heterocycles. The maximum atomic E-state index is 11.7. The van der Waals surface area contributed by atoms with Gasteiger partial charge in [0.15, 0.2) is 0 Å². The first kappa shape index (κ1) is 13.4. The van der Waals surface area contributed by atoms with Crippen molar-refractivity contribution in [2.24, 2.45) is 0 Å². The van der Waals surface area contributed by atoms with E-state index >= 15 is 0 Å². The topological polar surface area (TPSA) is 67.2 Å².